The van der Waals surface area contributed by atoms with Crippen LogP contribution in [0.15, 0.2) is 194 Å². The molecule has 0 aliphatic heterocycles. The van der Waals surface area contributed by atoms with Gasteiger partial charge in [0.25, 0.3) is 0 Å². The van der Waals surface area contributed by atoms with Gasteiger partial charge in [0.2, 0.25) is 0 Å². The summed E-state index contributed by atoms with van der Waals surface area (Å²) in [4.78, 5) is 9.98. The highest BCUT2D eigenvalue weighted by Gasteiger charge is 2.24. The quantitative estimate of drug-likeness (QED) is 0.154. The normalized spacial score (nSPS) is 10.9. The molecule has 7 aromatic rings. The van der Waals surface area contributed by atoms with E-state index >= 15 is 0 Å². The van der Waals surface area contributed by atoms with Crippen molar-refractivity contribution < 1.29 is 0 Å². The lowest BCUT2D eigenvalue weighted by Crippen LogP contribution is -2.24. The van der Waals surface area contributed by atoms with Crippen LogP contribution in [0, 0.1) is 0 Å². The molecule has 0 N–H and O–H groups in total. The van der Waals surface area contributed by atoms with E-state index in [9.17, 15) is 0 Å². The van der Waals surface area contributed by atoms with Gasteiger partial charge in [0, 0.05) is 22.7 Å². The first-order valence-corrected chi connectivity index (χ1v) is 16.4. The molecule has 0 radical (unpaired) electrons. The summed E-state index contributed by atoms with van der Waals surface area (Å²) in [6.45, 7) is 0. The molecule has 4 heteroatoms. The SMILES string of the molecule is c1ccc(N(c2ccccc2)c2cc(P(c3ccccc3)c3ccccc3)cc(N(c3ccccc3)c3ccccc3)n2)cc1. The van der Waals surface area contributed by atoms with E-state index in [0.717, 1.165) is 34.4 Å². The molecule has 6 aromatic carbocycles. The molecule has 0 spiro atoms. The van der Waals surface area contributed by atoms with Gasteiger partial charge in [0.1, 0.15) is 11.6 Å². The zero-order valence-electron chi connectivity index (χ0n) is 24.8. The molecule has 7 rings (SSSR count). The number of benzene rings is 6. The number of hydrogen-bond acceptors (Lipinski definition) is 3. The Morgan fingerprint density at radius 1 is 0.311 bits per heavy atom. The van der Waals surface area contributed by atoms with Gasteiger partial charge < -0.3 is 0 Å². The summed E-state index contributed by atoms with van der Waals surface area (Å²) >= 11 is 0. The molecule has 0 amide bonds. The fourth-order valence-corrected chi connectivity index (χ4v) is 7.91. The van der Waals surface area contributed by atoms with Crippen LogP contribution in [0.1, 0.15) is 0 Å². The van der Waals surface area contributed by atoms with Gasteiger partial charge in [-0.1, -0.05) is 133 Å². The summed E-state index contributed by atoms with van der Waals surface area (Å²) in [5, 5.41) is 3.80. The maximum atomic E-state index is 5.47. The van der Waals surface area contributed by atoms with E-state index in [1.54, 1.807) is 0 Å². The molecule has 1 heterocycles. The minimum Gasteiger partial charge on any atom is -0.295 e. The Kier molecular flexibility index (Phi) is 8.44. The van der Waals surface area contributed by atoms with Crippen molar-refractivity contribution in [3.05, 3.63) is 194 Å². The lowest BCUT2D eigenvalue weighted by Gasteiger charge is -2.30. The Morgan fingerprint density at radius 3 is 0.867 bits per heavy atom. The second kappa shape index (κ2) is 13.4. The predicted molar refractivity (Wildman–Crippen MR) is 192 cm³/mol. The summed E-state index contributed by atoms with van der Waals surface area (Å²) in [5.41, 5.74) is 4.20. The van der Waals surface area contributed by atoms with Crippen molar-refractivity contribution in [1.82, 2.24) is 4.98 Å². The summed E-state index contributed by atoms with van der Waals surface area (Å²) in [6.07, 6.45) is 0. The Balaban J connectivity index is 1.52. The van der Waals surface area contributed by atoms with Gasteiger partial charge in [0.15, 0.2) is 0 Å². The van der Waals surface area contributed by atoms with E-state index in [1.807, 2.05) is 0 Å². The standard InChI is InChI=1S/C41H32N3P/c1-7-19-33(20-8-1)43(34-21-9-2-10-22-34)40-31-39(45(37-27-15-5-16-28-37)38-29-17-6-18-30-38)32-41(42-40)44(35-23-11-3-12-24-35)36-25-13-4-14-26-36/h1-32H. The van der Waals surface area contributed by atoms with Crippen LogP contribution >= 0.6 is 7.92 Å². The summed E-state index contributed by atoms with van der Waals surface area (Å²) in [6, 6.07) is 68.3. The van der Waals surface area contributed by atoms with Crippen LogP contribution in [-0.2, 0) is 0 Å². The molecule has 0 saturated heterocycles. The van der Waals surface area contributed by atoms with Crippen molar-refractivity contribution in [3.63, 3.8) is 0 Å². The van der Waals surface area contributed by atoms with Gasteiger partial charge in [-0.25, -0.2) is 4.98 Å². The first kappa shape index (κ1) is 28.3. The van der Waals surface area contributed by atoms with Crippen molar-refractivity contribution in [3.8, 4) is 0 Å². The lowest BCUT2D eigenvalue weighted by molar-refractivity contribution is 1.14. The third kappa shape index (κ3) is 6.26. The van der Waals surface area contributed by atoms with Crippen LogP contribution in [0.25, 0.3) is 0 Å². The average Bonchev–Trinajstić information content (AvgIpc) is 3.12. The third-order valence-electron chi connectivity index (χ3n) is 7.59. The maximum absolute atomic E-state index is 5.47. The number of para-hydroxylation sites is 4. The number of hydrogen-bond donors (Lipinski definition) is 0. The fraction of sp³-hybridized carbons (Fsp3) is 0. The van der Waals surface area contributed by atoms with Gasteiger partial charge >= 0.3 is 0 Å². The lowest BCUT2D eigenvalue weighted by atomic mass is 10.2. The Labute approximate surface area is 266 Å². The monoisotopic (exact) mass is 597 g/mol. The van der Waals surface area contributed by atoms with Crippen molar-refractivity contribution in [2.24, 2.45) is 0 Å². The minimum atomic E-state index is -0.897. The van der Waals surface area contributed by atoms with Gasteiger partial charge in [-0.15, -0.1) is 0 Å². The molecule has 0 aliphatic rings. The van der Waals surface area contributed by atoms with Crippen molar-refractivity contribution in [2.45, 2.75) is 0 Å². The smallest absolute Gasteiger partial charge is 0.140 e. The molecule has 0 bridgehead atoms. The number of nitrogens with zero attached hydrogens (tertiary/aromatic N) is 3. The molecular formula is C41H32N3P. The summed E-state index contributed by atoms with van der Waals surface area (Å²) in [5.74, 6) is 1.72. The molecule has 1 aromatic heterocycles. The highest BCUT2D eigenvalue weighted by Crippen LogP contribution is 2.41. The molecule has 0 atom stereocenters. The van der Waals surface area contributed by atoms with Crippen LogP contribution in [-0.4, -0.2) is 4.98 Å². The van der Waals surface area contributed by atoms with Crippen LogP contribution in [0.4, 0.5) is 34.4 Å². The van der Waals surface area contributed by atoms with E-state index in [1.165, 1.54) is 15.9 Å². The Morgan fingerprint density at radius 2 is 0.578 bits per heavy atom. The third-order valence-corrected chi connectivity index (χ3v) is 9.99. The van der Waals surface area contributed by atoms with Crippen molar-refractivity contribution in [2.75, 3.05) is 9.80 Å². The van der Waals surface area contributed by atoms with Crippen LogP contribution in [0.3, 0.4) is 0 Å². The van der Waals surface area contributed by atoms with E-state index in [-0.39, 0.29) is 0 Å². The molecule has 0 fully saturated rings. The van der Waals surface area contributed by atoms with E-state index < -0.39 is 7.92 Å². The Bertz CT molecular complexity index is 1580. The largest absolute Gasteiger partial charge is 0.295 e. The second-order valence-corrected chi connectivity index (χ2v) is 12.8. The molecule has 0 unspecified atom stereocenters. The first-order valence-electron chi connectivity index (χ1n) is 15.1. The van der Waals surface area contributed by atoms with Gasteiger partial charge in [0.05, 0.1) is 0 Å². The fourth-order valence-electron chi connectivity index (χ4n) is 5.58. The van der Waals surface area contributed by atoms with Crippen LogP contribution in [0.5, 0.6) is 0 Å². The molecule has 0 aliphatic carbocycles. The Hall–Kier alpha value is -5.50. The van der Waals surface area contributed by atoms with Gasteiger partial charge in [-0.05, 0) is 84.5 Å². The van der Waals surface area contributed by atoms with Crippen LogP contribution < -0.4 is 25.7 Å². The first-order chi connectivity index (χ1) is 22.3. The number of anilines is 6. The average molecular weight is 598 g/mol. The van der Waals surface area contributed by atoms with Crippen molar-refractivity contribution in [1.29, 1.82) is 0 Å². The molecule has 216 valence electrons. The molecular weight excluding hydrogens is 565 g/mol. The highest BCUT2D eigenvalue weighted by molar-refractivity contribution is 7.79. The van der Waals surface area contributed by atoms with E-state index in [0.29, 0.717) is 0 Å². The zero-order chi connectivity index (χ0) is 30.3. The topological polar surface area (TPSA) is 19.4 Å². The van der Waals surface area contributed by atoms with Gasteiger partial charge in [-0.2, -0.15) is 0 Å². The molecule has 3 nitrogen and oxygen atoms in total. The molecule has 45 heavy (non-hydrogen) atoms. The minimum absolute atomic E-state index is 0.858. The second-order valence-electron chi connectivity index (χ2n) is 10.6. The van der Waals surface area contributed by atoms with Crippen LogP contribution in [0.2, 0.25) is 0 Å². The highest BCUT2D eigenvalue weighted by atomic mass is 31.1. The summed E-state index contributed by atoms with van der Waals surface area (Å²) < 4.78 is 0. The summed E-state index contributed by atoms with van der Waals surface area (Å²) in [7, 11) is -0.897. The predicted octanol–water partition coefficient (Wildman–Crippen LogP) is 9.78. The molecule has 0 saturated carbocycles. The number of aromatic nitrogens is 1. The zero-order valence-corrected chi connectivity index (χ0v) is 25.7. The number of pyridine rings is 1. The van der Waals surface area contributed by atoms with Gasteiger partial charge in [-0.3, -0.25) is 9.80 Å². The maximum Gasteiger partial charge on any atom is 0.140 e. The van der Waals surface area contributed by atoms with Crippen molar-refractivity contribution >= 4 is 58.2 Å². The van der Waals surface area contributed by atoms with E-state index in [4.69, 9.17) is 4.98 Å². The number of rotatable bonds is 9. The van der Waals surface area contributed by atoms with E-state index in [2.05, 4.69) is 204 Å².